The Morgan fingerprint density at radius 3 is 2.57 bits per heavy atom. The lowest BCUT2D eigenvalue weighted by Crippen LogP contribution is -2.30. The van der Waals surface area contributed by atoms with Gasteiger partial charge in [-0.2, -0.15) is 0 Å². The average Bonchev–Trinajstić information content (AvgIpc) is 3.26. The minimum Gasteiger partial charge on any atom is -0.478 e. The van der Waals surface area contributed by atoms with Gasteiger partial charge in [-0.3, -0.25) is 4.79 Å². The largest absolute Gasteiger partial charge is 0.478 e. The molecule has 0 atom stereocenters. The van der Waals surface area contributed by atoms with E-state index in [9.17, 15) is 14.4 Å². The van der Waals surface area contributed by atoms with Crippen LogP contribution in [0.25, 0.3) is 17.4 Å². The quantitative estimate of drug-likeness (QED) is 0.434. The molecule has 1 saturated heterocycles. The predicted octanol–water partition coefficient (Wildman–Crippen LogP) is 5.05. The number of hydrogen-bond donors (Lipinski definition) is 2. The lowest BCUT2D eigenvalue weighted by Gasteiger charge is -2.11. The van der Waals surface area contributed by atoms with Crippen LogP contribution >= 0.6 is 23.2 Å². The summed E-state index contributed by atoms with van der Waals surface area (Å²) in [4.78, 5) is 37.0. The van der Waals surface area contributed by atoms with Gasteiger partial charge in [-0.25, -0.2) is 14.5 Å². The predicted molar refractivity (Wildman–Crippen MR) is 112 cm³/mol. The molecule has 2 heterocycles. The zero-order valence-corrected chi connectivity index (χ0v) is 16.6. The molecule has 0 spiro atoms. The highest BCUT2D eigenvalue weighted by atomic mass is 35.5. The van der Waals surface area contributed by atoms with Gasteiger partial charge in [0.2, 0.25) is 0 Å². The highest BCUT2D eigenvalue weighted by Crippen LogP contribution is 2.29. The average molecular weight is 443 g/mol. The summed E-state index contributed by atoms with van der Waals surface area (Å²) in [7, 11) is 0. The number of urea groups is 1. The third kappa shape index (κ3) is 3.68. The highest BCUT2D eigenvalue weighted by Gasteiger charge is 2.35. The van der Waals surface area contributed by atoms with E-state index in [-0.39, 0.29) is 16.3 Å². The smallest absolute Gasteiger partial charge is 0.337 e. The van der Waals surface area contributed by atoms with E-state index in [1.807, 2.05) is 0 Å². The van der Waals surface area contributed by atoms with Gasteiger partial charge < -0.3 is 14.8 Å². The molecule has 2 N–H and O–H groups in total. The Balaban J connectivity index is 1.60. The number of benzene rings is 2. The second-order valence-electron chi connectivity index (χ2n) is 6.31. The highest BCUT2D eigenvalue weighted by molar-refractivity contribution is 6.34. The molecule has 4 rings (SSSR count). The van der Waals surface area contributed by atoms with Crippen molar-refractivity contribution in [3.05, 3.63) is 81.7 Å². The Labute approximate surface area is 180 Å². The fourth-order valence-electron chi connectivity index (χ4n) is 2.95. The number of imide groups is 1. The third-order valence-electron chi connectivity index (χ3n) is 4.34. The SMILES string of the molecule is O=C(O)c1ccc(-c2ccc(C=C3NC(=O)N(c4cccc(Cl)c4)C3=O)o2)cc1Cl. The minimum absolute atomic E-state index is 0.0188. The number of carbonyl (C=O) groups is 3. The Bertz CT molecular complexity index is 1230. The van der Waals surface area contributed by atoms with E-state index in [0.29, 0.717) is 27.8 Å². The number of aromatic carboxylic acids is 1. The van der Waals surface area contributed by atoms with Crippen LogP contribution in [0.1, 0.15) is 16.1 Å². The van der Waals surface area contributed by atoms with Crippen LogP contribution in [-0.2, 0) is 4.79 Å². The molecule has 2 aromatic carbocycles. The summed E-state index contributed by atoms with van der Waals surface area (Å²) in [5.41, 5.74) is 0.938. The van der Waals surface area contributed by atoms with Crippen molar-refractivity contribution in [2.24, 2.45) is 0 Å². The first-order valence-electron chi connectivity index (χ1n) is 8.59. The molecule has 0 unspecified atom stereocenters. The molecule has 0 aliphatic carbocycles. The van der Waals surface area contributed by atoms with Gasteiger partial charge in [-0.05, 0) is 42.5 Å². The van der Waals surface area contributed by atoms with Crippen molar-refractivity contribution >= 4 is 52.9 Å². The van der Waals surface area contributed by atoms with Gasteiger partial charge in [-0.15, -0.1) is 0 Å². The Kier molecular flexibility index (Phi) is 5.07. The second-order valence-corrected chi connectivity index (χ2v) is 7.15. The summed E-state index contributed by atoms with van der Waals surface area (Å²) in [6, 6.07) is 13.5. The van der Waals surface area contributed by atoms with Crippen molar-refractivity contribution < 1.29 is 23.9 Å². The molecular weight excluding hydrogens is 431 g/mol. The number of halogens is 2. The summed E-state index contributed by atoms with van der Waals surface area (Å²) in [6.45, 7) is 0. The van der Waals surface area contributed by atoms with E-state index in [0.717, 1.165) is 4.90 Å². The van der Waals surface area contributed by atoms with Crippen LogP contribution in [-0.4, -0.2) is 23.0 Å². The van der Waals surface area contributed by atoms with Crippen molar-refractivity contribution in [3.63, 3.8) is 0 Å². The summed E-state index contributed by atoms with van der Waals surface area (Å²) < 4.78 is 5.71. The Hall–Kier alpha value is -3.55. The van der Waals surface area contributed by atoms with E-state index in [2.05, 4.69) is 5.32 Å². The molecule has 9 heteroatoms. The number of anilines is 1. The number of carboxylic acid groups (broad SMARTS) is 1. The summed E-state index contributed by atoms with van der Waals surface area (Å²) in [5, 5.41) is 12.0. The zero-order chi connectivity index (χ0) is 21.4. The number of amides is 3. The maximum atomic E-state index is 12.7. The number of carboxylic acids is 1. The number of hydrogen-bond acceptors (Lipinski definition) is 4. The van der Waals surface area contributed by atoms with Crippen LogP contribution in [0.2, 0.25) is 10.0 Å². The number of rotatable bonds is 4. The van der Waals surface area contributed by atoms with Crippen molar-refractivity contribution in [1.82, 2.24) is 5.32 Å². The molecule has 150 valence electrons. The fourth-order valence-corrected chi connectivity index (χ4v) is 3.40. The lowest BCUT2D eigenvalue weighted by molar-refractivity contribution is -0.113. The van der Waals surface area contributed by atoms with E-state index >= 15 is 0 Å². The van der Waals surface area contributed by atoms with E-state index in [1.165, 1.54) is 24.3 Å². The maximum Gasteiger partial charge on any atom is 0.337 e. The zero-order valence-electron chi connectivity index (χ0n) is 15.1. The molecule has 3 aromatic rings. The molecular formula is C21H12Cl2N2O5. The molecule has 1 aliphatic heterocycles. The molecule has 0 bridgehead atoms. The van der Waals surface area contributed by atoms with E-state index in [1.54, 1.807) is 36.4 Å². The van der Waals surface area contributed by atoms with E-state index < -0.39 is 17.9 Å². The number of furan rings is 1. The lowest BCUT2D eigenvalue weighted by atomic mass is 10.1. The van der Waals surface area contributed by atoms with Gasteiger partial charge in [0, 0.05) is 16.7 Å². The third-order valence-corrected chi connectivity index (χ3v) is 4.89. The van der Waals surface area contributed by atoms with Crippen molar-refractivity contribution in [1.29, 1.82) is 0 Å². The van der Waals surface area contributed by atoms with Crippen LogP contribution in [0, 0.1) is 0 Å². The normalized spacial score (nSPS) is 15.0. The van der Waals surface area contributed by atoms with Crippen molar-refractivity contribution in [2.45, 2.75) is 0 Å². The number of carbonyl (C=O) groups excluding carboxylic acids is 2. The topological polar surface area (TPSA) is 99.9 Å². The molecule has 30 heavy (non-hydrogen) atoms. The van der Waals surface area contributed by atoms with Crippen LogP contribution in [0.15, 0.2) is 64.7 Å². The Morgan fingerprint density at radius 1 is 1.07 bits per heavy atom. The second kappa shape index (κ2) is 7.70. The Morgan fingerprint density at radius 2 is 1.87 bits per heavy atom. The number of nitrogens with zero attached hydrogens (tertiary/aromatic N) is 1. The van der Waals surface area contributed by atoms with Crippen LogP contribution in [0.4, 0.5) is 10.5 Å². The summed E-state index contributed by atoms with van der Waals surface area (Å²) >= 11 is 11.9. The van der Waals surface area contributed by atoms with Crippen LogP contribution < -0.4 is 10.2 Å². The first-order valence-corrected chi connectivity index (χ1v) is 9.35. The van der Waals surface area contributed by atoms with Gasteiger partial charge in [0.1, 0.15) is 17.2 Å². The summed E-state index contributed by atoms with van der Waals surface area (Å²) in [5.74, 6) is -0.936. The van der Waals surface area contributed by atoms with Crippen molar-refractivity contribution in [3.8, 4) is 11.3 Å². The molecule has 7 nitrogen and oxygen atoms in total. The standard InChI is InChI=1S/C21H12Cl2N2O5/c22-12-2-1-3-13(9-12)25-19(26)17(24-21(25)29)10-14-5-7-18(30-14)11-4-6-15(20(27)28)16(23)8-11/h1-10H,(H,24,29)(H,27,28). The molecule has 0 radical (unpaired) electrons. The van der Waals surface area contributed by atoms with Crippen LogP contribution in [0.5, 0.6) is 0 Å². The molecule has 1 fully saturated rings. The molecule has 1 aliphatic rings. The first kappa shape index (κ1) is 19.8. The van der Waals surface area contributed by atoms with Gasteiger partial charge in [0.25, 0.3) is 5.91 Å². The van der Waals surface area contributed by atoms with Crippen molar-refractivity contribution in [2.75, 3.05) is 4.90 Å². The van der Waals surface area contributed by atoms with Gasteiger partial charge in [0.05, 0.1) is 16.3 Å². The maximum absolute atomic E-state index is 12.7. The van der Waals surface area contributed by atoms with Gasteiger partial charge >= 0.3 is 12.0 Å². The minimum atomic E-state index is -1.13. The molecule has 1 aromatic heterocycles. The van der Waals surface area contributed by atoms with Gasteiger partial charge in [-0.1, -0.05) is 35.3 Å². The molecule has 0 saturated carbocycles. The fraction of sp³-hybridized carbons (Fsp3) is 0. The first-order chi connectivity index (χ1) is 14.3. The van der Waals surface area contributed by atoms with Crippen LogP contribution in [0.3, 0.4) is 0 Å². The molecule has 3 amide bonds. The monoisotopic (exact) mass is 442 g/mol. The number of nitrogens with one attached hydrogen (secondary N) is 1. The van der Waals surface area contributed by atoms with Gasteiger partial charge in [0.15, 0.2) is 0 Å². The summed E-state index contributed by atoms with van der Waals surface area (Å²) in [6.07, 6.45) is 1.40. The van der Waals surface area contributed by atoms with E-state index in [4.69, 9.17) is 32.7 Å².